The van der Waals surface area contributed by atoms with E-state index in [2.05, 4.69) is 10.6 Å². The Balaban J connectivity index is 2.47. The minimum atomic E-state index is -4.44. The molecule has 0 unspecified atom stereocenters. The fraction of sp³-hybridized carbons (Fsp3) is 0.500. The summed E-state index contributed by atoms with van der Waals surface area (Å²) in [6.45, 7) is 2.16. The van der Waals surface area contributed by atoms with Gasteiger partial charge in [0.15, 0.2) is 0 Å². The number of aliphatic hydroxyl groups is 1. The maximum Gasteiger partial charge on any atom is 0.416 e. The molecule has 1 aromatic rings. The maximum atomic E-state index is 12.6. The summed E-state index contributed by atoms with van der Waals surface area (Å²) < 4.78 is 37.9. The molecule has 0 aliphatic heterocycles. The van der Waals surface area contributed by atoms with Crippen molar-refractivity contribution in [3.63, 3.8) is 0 Å². The molecule has 4 nitrogen and oxygen atoms in total. The molecule has 0 aliphatic carbocycles. The second-order valence-corrected chi connectivity index (χ2v) is 5.82. The van der Waals surface area contributed by atoms with Gasteiger partial charge in [0.05, 0.1) is 5.56 Å². The quantitative estimate of drug-likeness (QED) is 0.670. The van der Waals surface area contributed by atoms with Gasteiger partial charge in [-0.15, -0.1) is 0 Å². The van der Waals surface area contributed by atoms with Crippen LogP contribution in [0, 0.1) is 6.92 Å². The number of benzene rings is 1. The molecule has 1 aromatic carbocycles. The summed E-state index contributed by atoms with van der Waals surface area (Å²) >= 11 is 1.58. The van der Waals surface area contributed by atoms with E-state index in [4.69, 9.17) is 5.11 Å². The lowest BCUT2D eigenvalue weighted by atomic mass is 10.1. The SMILES string of the molecule is Cc1ccc(C(F)(F)F)cc1NC(=O)NCCSCCCO. The number of carbonyl (C=O) groups excluding carboxylic acids is 1. The van der Waals surface area contributed by atoms with Crippen molar-refractivity contribution in [1.29, 1.82) is 0 Å². The summed E-state index contributed by atoms with van der Waals surface area (Å²) in [5, 5.41) is 13.6. The number of aryl methyl sites for hydroxylation is 1. The van der Waals surface area contributed by atoms with Gasteiger partial charge in [0.2, 0.25) is 0 Å². The summed E-state index contributed by atoms with van der Waals surface area (Å²) in [6, 6.07) is 2.69. The highest BCUT2D eigenvalue weighted by molar-refractivity contribution is 7.99. The van der Waals surface area contributed by atoms with Gasteiger partial charge in [-0.2, -0.15) is 24.9 Å². The molecule has 0 radical (unpaired) electrons. The molecule has 0 heterocycles. The van der Waals surface area contributed by atoms with Gasteiger partial charge in [0.1, 0.15) is 0 Å². The van der Waals surface area contributed by atoms with Crippen LogP contribution in [-0.4, -0.2) is 35.8 Å². The molecule has 22 heavy (non-hydrogen) atoms. The first-order valence-corrected chi connectivity index (χ1v) is 7.91. The topological polar surface area (TPSA) is 61.4 Å². The normalized spacial score (nSPS) is 11.3. The van der Waals surface area contributed by atoms with Crippen LogP contribution in [0.5, 0.6) is 0 Å². The van der Waals surface area contributed by atoms with Crippen molar-refractivity contribution < 1.29 is 23.1 Å². The van der Waals surface area contributed by atoms with Crippen LogP contribution >= 0.6 is 11.8 Å². The highest BCUT2D eigenvalue weighted by Crippen LogP contribution is 2.31. The molecular formula is C14H19F3N2O2S. The first-order chi connectivity index (χ1) is 10.3. The van der Waals surface area contributed by atoms with Crippen LogP contribution in [0.1, 0.15) is 17.5 Å². The molecule has 0 spiro atoms. The van der Waals surface area contributed by atoms with E-state index in [0.717, 1.165) is 17.9 Å². The molecule has 8 heteroatoms. The minimum Gasteiger partial charge on any atom is -0.396 e. The fourth-order valence-electron chi connectivity index (χ4n) is 1.60. The molecular weight excluding hydrogens is 317 g/mol. The van der Waals surface area contributed by atoms with Crippen molar-refractivity contribution in [3.8, 4) is 0 Å². The number of nitrogens with one attached hydrogen (secondary N) is 2. The zero-order valence-corrected chi connectivity index (χ0v) is 13.0. The molecule has 0 aromatic heterocycles. The van der Waals surface area contributed by atoms with Crippen molar-refractivity contribution in [1.82, 2.24) is 5.32 Å². The van der Waals surface area contributed by atoms with Gasteiger partial charge in [-0.1, -0.05) is 6.07 Å². The average molecular weight is 336 g/mol. The Morgan fingerprint density at radius 1 is 1.32 bits per heavy atom. The monoisotopic (exact) mass is 336 g/mol. The number of hydrogen-bond acceptors (Lipinski definition) is 3. The number of carbonyl (C=O) groups is 1. The second-order valence-electron chi connectivity index (χ2n) is 4.60. The van der Waals surface area contributed by atoms with E-state index < -0.39 is 17.8 Å². The Morgan fingerprint density at radius 3 is 2.68 bits per heavy atom. The number of hydrogen-bond donors (Lipinski definition) is 3. The first-order valence-electron chi connectivity index (χ1n) is 6.76. The van der Waals surface area contributed by atoms with E-state index in [1.54, 1.807) is 18.7 Å². The van der Waals surface area contributed by atoms with Crippen LogP contribution < -0.4 is 10.6 Å². The summed E-state index contributed by atoms with van der Waals surface area (Å²) in [5.74, 6) is 1.47. The van der Waals surface area contributed by atoms with Crippen molar-refractivity contribution in [3.05, 3.63) is 29.3 Å². The number of thioether (sulfide) groups is 1. The van der Waals surface area contributed by atoms with Gasteiger partial charge in [-0.25, -0.2) is 4.79 Å². The minimum absolute atomic E-state index is 0.135. The zero-order chi connectivity index (χ0) is 16.6. The Morgan fingerprint density at radius 2 is 2.05 bits per heavy atom. The number of rotatable bonds is 7. The van der Waals surface area contributed by atoms with Gasteiger partial charge in [0.25, 0.3) is 0 Å². The number of amides is 2. The molecule has 0 saturated heterocycles. The predicted molar refractivity (Wildman–Crippen MR) is 82.2 cm³/mol. The molecule has 0 bridgehead atoms. The number of aliphatic hydroxyl groups excluding tert-OH is 1. The van der Waals surface area contributed by atoms with Gasteiger partial charge in [-0.3, -0.25) is 0 Å². The third-order valence-corrected chi connectivity index (χ3v) is 3.86. The van der Waals surface area contributed by atoms with Crippen molar-refractivity contribution >= 4 is 23.5 Å². The lowest BCUT2D eigenvalue weighted by Crippen LogP contribution is -2.31. The molecule has 1 rings (SSSR count). The van der Waals surface area contributed by atoms with Crippen LogP contribution in [-0.2, 0) is 6.18 Å². The van der Waals surface area contributed by atoms with E-state index in [9.17, 15) is 18.0 Å². The van der Waals surface area contributed by atoms with E-state index >= 15 is 0 Å². The average Bonchev–Trinajstić information content (AvgIpc) is 2.44. The zero-order valence-electron chi connectivity index (χ0n) is 12.2. The molecule has 0 saturated carbocycles. The Bertz CT molecular complexity index is 495. The van der Waals surface area contributed by atoms with Gasteiger partial charge >= 0.3 is 12.2 Å². The van der Waals surface area contributed by atoms with Crippen LogP contribution in [0.2, 0.25) is 0 Å². The third-order valence-electron chi connectivity index (χ3n) is 2.79. The molecule has 2 amide bonds. The Hall–Kier alpha value is -1.41. The number of anilines is 1. The number of urea groups is 1. The van der Waals surface area contributed by atoms with Crippen molar-refractivity contribution in [2.75, 3.05) is 30.0 Å². The van der Waals surface area contributed by atoms with Crippen LogP contribution in [0.15, 0.2) is 18.2 Å². The highest BCUT2D eigenvalue weighted by atomic mass is 32.2. The van der Waals surface area contributed by atoms with Crippen molar-refractivity contribution in [2.45, 2.75) is 19.5 Å². The van der Waals surface area contributed by atoms with Crippen LogP contribution in [0.3, 0.4) is 0 Å². The smallest absolute Gasteiger partial charge is 0.396 e. The molecule has 124 valence electrons. The van der Waals surface area contributed by atoms with Crippen LogP contribution in [0.4, 0.5) is 23.7 Å². The van der Waals surface area contributed by atoms with E-state index in [1.807, 2.05) is 0 Å². The van der Waals surface area contributed by atoms with E-state index in [-0.39, 0.29) is 12.3 Å². The van der Waals surface area contributed by atoms with Gasteiger partial charge in [-0.05, 0) is 36.8 Å². The molecule has 3 N–H and O–H groups in total. The molecule has 0 fully saturated rings. The van der Waals surface area contributed by atoms with Gasteiger partial charge in [0, 0.05) is 24.6 Å². The third kappa shape index (κ3) is 6.57. The number of halogens is 3. The summed E-state index contributed by atoms with van der Waals surface area (Å²) in [6.07, 6.45) is -3.75. The van der Waals surface area contributed by atoms with Crippen molar-refractivity contribution in [2.24, 2.45) is 0 Å². The summed E-state index contributed by atoms with van der Waals surface area (Å²) in [4.78, 5) is 11.7. The Kier molecular flexibility index (Phi) is 7.53. The standard InChI is InChI=1S/C14H19F3N2O2S/c1-10-3-4-11(14(15,16)17)9-12(10)19-13(21)18-5-8-22-7-2-6-20/h3-4,9,20H,2,5-8H2,1H3,(H2,18,19,21). The summed E-state index contributed by atoms with van der Waals surface area (Å²) in [7, 11) is 0. The summed E-state index contributed by atoms with van der Waals surface area (Å²) in [5.41, 5.74) is -0.103. The first kappa shape index (κ1) is 18.6. The van der Waals surface area contributed by atoms with E-state index in [1.165, 1.54) is 6.07 Å². The molecule has 0 aliphatic rings. The maximum absolute atomic E-state index is 12.6. The van der Waals surface area contributed by atoms with E-state index in [0.29, 0.717) is 24.3 Å². The van der Waals surface area contributed by atoms with Crippen LogP contribution in [0.25, 0.3) is 0 Å². The lowest BCUT2D eigenvalue weighted by molar-refractivity contribution is -0.137. The highest BCUT2D eigenvalue weighted by Gasteiger charge is 2.30. The second kappa shape index (κ2) is 8.89. The Labute approximate surface area is 131 Å². The fourth-order valence-corrected chi connectivity index (χ4v) is 2.39. The van der Waals surface area contributed by atoms with Gasteiger partial charge < -0.3 is 15.7 Å². The predicted octanol–water partition coefficient (Wildman–Crippen LogP) is 3.25. The number of alkyl halides is 3. The molecule has 0 atom stereocenters. The largest absolute Gasteiger partial charge is 0.416 e. The lowest BCUT2D eigenvalue weighted by Gasteiger charge is -2.13.